The fourth-order valence-corrected chi connectivity index (χ4v) is 3.38. The van der Waals surface area contributed by atoms with E-state index in [1.54, 1.807) is 11.3 Å². The van der Waals surface area contributed by atoms with Gasteiger partial charge in [-0.3, -0.25) is 4.90 Å². The van der Waals surface area contributed by atoms with E-state index in [1.165, 1.54) is 56.9 Å². The van der Waals surface area contributed by atoms with Gasteiger partial charge >= 0.3 is 0 Å². The molecule has 0 aliphatic carbocycles. The molecule has 1 fully saturated rings. The van der Waals surface area contributed by atoms with Crippen molar-refractivity contribution in [2.45, 2.75) is 39.2 Å². The highest BCUT2D eigenvalue weighted by molar-refractivity contribution is 7.09. The molecule has 1 saturated heterocycles. The van der Waals surface area contributed by atoms with Crippen LogP contribution in [-0.2, 0) is 6.54 Å². The Morgan fingerprint density at radius 1 is 1.33 bits per heavy atom. The predicted molar refractivity (Wildman–Crippen MR) is 78.1 cm³/mol. The molecule has 0 radical (unpaired) electrons. The number of nitrogens with zero attached hydrogens (tertiary/aromatic N) is 3. The van der Waals surface area contributed by atoms with E-state index >= 15 is 0 Å². The van der Waals surface area contributed by atoms with Crippen molar-refractivity contribution < 1.29 is 0 Å². The summed E-state index contributed by atoms with van der Waals surface area (Å²) in [4.78, 5) is 9.52. The van der Waals surface area contributed by atoms with Crippen LogP contribution in [0.5, 0.6) is 0 Å². The second-order valence-electron chi connectivity index (χ2n) is 5.38. The third-order valence-corrected chi connectivity index (χ3v) is 4.49. The topological polar surface area (TPSA) is 19.4 Å². The van der Waals surface area contributed by atoms with Gasteiger partial charge in [-0.2, -0.15) is 0 Å². The summed E-state index contributed by atoms with van der Waals surface area (Å²) in [5, 5.41) is 3.38. The van der Waals surface area contributed by atoms with Crippen molar-refractivity contribution in [3.8, 4) is 0 Å². The minimum atomic E-state index is 0.999. The monoisotopic (exact) mass is 267 g/mol. The summed E-state index contributed by atoms with van der Waals surface area (Å²) >= 11 is 1.78. The predicted octanol–water partition coefficient (Wildman–Crippen LogP) is 2.76. The van der Waals surface area contributed by atoms with Gasteiger partial charge in [-0.25, -0.2) is 4.98 Å². The zero-order valence-corrected chi connectivity index (χ0v) is 12.5. The number of aryl methyl sites for hydroxylation is 1. The van der Waals surface area contributed by atoms with E-state index < -0.39 is 0 Å². The van der Waals surface area contributed by atoms with Crippen molar-refractivity contribution in [3.05, 3.63) is 16.1 Å². The van der Waals surface area contributed by atoms with E-state index in [1.807, 2.05) is 0 Å². The van der Waals surface area contributed by atoms with E-state index in [-0.39, 0.29) is 0 Å². The molecule has 0 atom stereocenters. The maximum atomic E-state index is 4.52. The van der Waals surface area contributed by atoms with E-state index in [0.717, 1.165) is 12.2 Å². The molecule has 3 nitrogen and oxygen atoms in total. The number of aromatic nitrogens is 1. The lowest BCUT2D eigenvalue weighted by molar-refractivity contribution is 0.210. The van der Waals surface area contributed by atoms with Gasteiger partial charge in [0.05, 0.1) is 6.54 Å². The molecule has 0 bridgehead atoms. The molecule has 2 rings (SSSR count). The molecule has 1 aliphatic rings. The van der Waals surface area contributed by atoms with Crippen molar-refractivity contribution in [2.24, 2.45) is 0 Å². The summed E-state index contributed by atoms with van der Waals surface area (Å²) in [7, 11) is 2.20. The lowest BCUT2D eigenvalue weighted by atomic mass is 10.1. The van der Waals surface area contributed by atoms with Crippen LogP contribution in [0.1, 0.15) is 36.4 Å². The average Bonchev–Trinajstić information content (AvgIpc) is 2.76. The smallest absolute Gasteiger partial charge is 0.107 e. The van der Waals surface area contributed by atoms with E-state index in [4.69, 9.17) is 0 Å². The van der Waals surface area contributed by atoms with Crippen molar-refractivity contribution in [3.63, 3.8) is 0 Å². The van der Waals surface area contributed by atoms with Crippen LogP contribution in [0.2, 0.25) is 0 Å². The standard InChI is InChI=1S/C14H25N3S/c1-13-12-18-14(15-13)11-16(2)7-6-10-17-8-4-3-5-9-17/h12H,3-11H2,1-2H3. The van der Waals surface area contributed by atoms with Crippen LogP contribution in [0, 0.1) is 6.92 Å². The van der Waals surface area contributed by atoms with Crippen LogP contribution in [0.25, 0.3) is 0 Å². The molecular weight excluding hydrogens is 242 g/mol. The molecule has 4 heteroatoms. The van der Waals surface area contributed by atoms with Gasteiger partial charge in [0.25, 0.3) is 0 Å². The summed E-state index contributed by atoms with van der Waals surface area (Å²) in [5.41, 5.74) is 1.15. The quantitative estimate of drug-likeness (QED) is 0.790. The number of likely N-dealkylation sites (tertiary alicyclic amines) is 1. The summed E-state index contributed by atoms with van der Waals surface area (Å²) in [6.45, 7) is 8.13. The van der Waals surface area contributed by atoms with Crippen molar-refractivity contribution >= 4 is 11.3 Å². The Kier molecular flexibility index (Phi) is 5.60. The molecule has 102 valence electrons. The van der Waals surface area contributed by atoms with Gasteiger partial charge in [-0.05, 0) is 59.4 Å². The largest absolute Gasteiger partial charge is 0.303 e. The van der Waals surface area contributed by atoms with Crippen molar-refractivity contribution in [2.75, 3.05) is 33.2 Å². The maximum absolute atomic E-state index is 4.52. The number of thiazole rings is 1. The van der Waals surface area contributed by atoms with Crippen LogP contribution in [0.3, 0.4) is 0 Å². The second-order valence-corrected chi connectivity index (χ2v) is 6.32. The first kappa shape index (κ1) is 14.0. The van der Waals surface area contributed by atoms with Gasteiger partial charge in [-0.1, -0.05) is 6.42 Å². The van der Waals surface area contributed by atoms with Crippen LogP contribution < -0.4 is 0 Å². The molecule has 1 aromatic rings. The van der Waals surface area contributed by atoms with Gasteiger partial charge in [0.2, 0.25) is 0 Å². The molecule has 0 amide bonds. The van der Waals surface area contributed by atoms with Gasteiger partial charge in [0.15, 0.2) is 0 Å². The van der Waals surface area contributed by atoms with Gasteiger partial charge in [-0.15, -0.1) is 11.3 Å². The van der Waals surface area contributed by atoms with Gasteiger partial charge in [0, 0.05) is 11.1 Å². The molecule has 2 heterocycles. The average molecular weight is 267 g/mol. The summed E-state index contributed by atoms with van der Waals surface area (Å²) in [6, 6.07) is 0. The lowest BCUT2D eigenvalue weighted by Crippen LogP contribution is -2.32. The highest BCUT2D eigenvalue weighted by Crippen LogP contribution is 2.12. The normalized spacial score (nSPS) is 17.5. The Labute approximate surface area is 115 Å². The highest BCUT2D eigenvalue weighted by atomic mass is 32.1. The minimum absolute atomic E-state index is 0.999. The van der Waals surface area contributed by atoms with Gasteiger partial charge < -0.3 is 4.90 Å². The molecule has 0 saturated carbocycles. The van der Waals surface area contributed by atoms with E-state index in [9.17, 15) is 0 Å². The van der Waals surface area contributed by atoms with Crippen molar-refractivity contribution in [1.29, 1.82) is 0 Å². The third kappa shape index (κ3) is 4.67. The van der Waals surface area contributed by atoms with E-state index in [0.29, 0.717) is 0 Å². The fraction of sp³-hybridized carbons (Fsp3) is 0.786. The Morgan fingerprint density at radius 2 is 2.11 bits per heavy atom. The number of hydrogen-bond donors (Lipinski definition) is 0. The summed E-state index contributed by atoms with van der Waals surface area (Å²) in [6.07, 6.45) is 5.50. The van der Waals surface area contributed by atoms with E-state index in [2.05, 4.69) is 34.1 Å². The molecule has 1 aliphatic heterocycles. The fourth-order valence-electron chi connectivity index (χ4n) is 2.53. The highest BCUT2D eigenvalue weighted by Gasteiger charge is 2.10. The maximum Gasteiger partial charge on any atom is 0.107 e. The molecular formula is C14H25N3S. The number of rotatable bonds is 6. The molecule has 0 N–H and O–H groups in total. The van der Waals surface area contributed by atoms with Gasteiger partial charge in [0.1, 0.15) is 5.01 Å². The Bertz CT molecular complexity index is 345. The van der Waals surface area contributed by atoms with Crippen LogP contribution in [0.15, 0.2) is 5.38 Å². The Morgan fingerprint density at radius 3 is 2.78 bits per heavy atom. The van der Waals surface area contributed by atoms with Crippen LogP contribution in [0.4, 0.5) is 0 Å². The molecule has 0 aromatic carbocycles. The molecule has 0 spiro atoms. The SMILES string of the molecule is Cc1csc(CN(C)CCCN2CCCCC2)n1. The third-order valence-electron chi connectivity index (χ3n) is 3.53. The summed E-state index contributed by atoms with van der Waals surface area (Å²) in [5.74, 6) is 0. The first-order chi connectivity index (χ1) is 8.74. The first-order valence-corrected chi connectivity index (χ1v) is 7.94. The van der Waals surface area contributed by atoms with Crippen LogP contribution >= 0.6 is 11.3 Å². The molecule has 0 unspecified atom stereocenters. The zero-order valence-electron chi connectivity index (χ0n) is 11.7. The Hall–Kier alpha value is -0.450. The molecule has 18 heavy (non-hydrogen) atoms. The first-order valence-electron chi connectivity index (χ1n) is 7.06. The summed E-state index contributed by atoms with van der Waals surface area (Å²) < 4.78 is 0. The number of piperidine rings is 1. The second kappa shape index (κ2) is 7.22. The Balaban J connectivity index is 1.60. The van der Waals surface area contributed by atoms with Crippen LogP contribution in [-0.4, -0.2) is 48.0 Å². The molecule has 1 aromatic heterocycles. The van der Waals surface area contributed by atoms with Crippen molar-refractivity contribution in [1.82, 2.24) is 14.8 Å². The lowest BCUT2D eigenvalue weighted by Gasteiger charge is -2.27. The number of hydrogen-bond acceptors (Lipinski definition) is 4. The zero-order chi connectivity index (χ0) is 12.8. The minimum Gasteiger partial charge on any atom is -0.303 e.